The van der Waals surface area contributed by atoms with Crippen LogP contribution in [0.4, 0.5) is 0 Å². The van der Waals surface area contributed by atoms with E-state index in [0.717, 1.165) is 6.20 Å². The molecule has 0 aliphatic rings. The van der Waals surface area contributed by atoms with Crippen molar-refractivity contribution in [3.05, 3.63) is 12.0 Å². The lowest BCUT2D eigenvalue weighted by Gasteiger charge is -2.05. The molecule has 1 aromatic rings. The maximum Gasteiger partial charge on any atom is 0.377 e. The van der Waals surface area contributed by atoms with Gasteiger partial charge in [-0.15, -0.1) is 10.2 Å². The van der Waals surface area contributed by atoms with E-state index in [1.54, 1.807) is 0 Å². The number of carboxylic acids is 1. The van der Waals surface area contributed by atoms with E-state index in [2.05, 4.69) is 15.2 Å². The number of aliphatic carboxylic acids is 1. The number of aromatic nitrogens is 3. The molecule has 0 fully saturated rings. The molecule has 16 heavy (non-hydrogen) atoms. The Morgan fingerprint density at radius 2 is 2.12 bits per heavy atom. The van der Waals surface area contributed by atoms with Crippen LogP contribution in [0.1, 0.15) is 5.82 Å². The molecule has 1 unspecified atom stereocenters. The maximum absolute atomic E-state index is 10.7. The zero-order valence-corrected chi connectivity index (χ0v) is 8.78. The van der Waals surface area contributed by atoms with Gasteiger partial charge in [-0.25, -0.2) is 4.98 Å². The Bertz CT molecular complexity index is 429. The molecule has 10 heteroatoms. The van der Waals surface area contributed by atoms with Gasteiger partial charge in [0.05, 0.1) is 6.20 Å². The monoisotopic (exact) mass is 248 g/mol. The fraction of sp³-hybridized carbons (Fsp3) is 0.333. The maximum atomic E-state index is 10.7. The first kappa shape index (κ1) is 12.7. The Balaban J connectivity index is 2.80. The third-order valence-corrected chi connectivity index (χ3v) is 2.42. The van der Waals surface area contributed by atoms with Crippen molar-refractivity contribution in [1.29, 1.82) is 0 Å². The fourth-order valence-electron chi connectivity index (χ4n) is 0.804. The summed E-state index contributed by atoms with van der Waals surface area (Å²) in [6.07, 6.45) is 0.682. The first-order valence-electron chi connectivity index (χ1n) is 4.04. The van der Waals surface area contributed by atoms with Crippen molar-refractivity contribution in [3.63, 3.8) is 0 Å². The molecule has 1 heterocycles. The summed E-state index contributed by atoms with van der Waals surface area (Å²) >= 11 is 0. The van der Waals surface area contributed by atoms with E-state index in [1.807, 2.05) is 0 Å². The van der Waals surface area contributed by atoms with Crippen molar-refractivity contribution in [2.45, 2.75) is 12.5 Å². The minimum absolute atomic E-state index is 0.00657. The Labute approximate surface area is 89.5 Å². The molecule has 0 aliphatic carbocycles. The summed E-state index contributed by atoms with van der Waals surface area (Å²) in [4.78, 5) is 31.4. The van der Waals surface area contributed by atoms with E-state index < -0.39 is 25.0 Å². The number of carbonyl (C=O) groups is 1. The summed E-state index contributed by atoms with van der Waals surface area (Å²) in [5.74, 6) is -1.21. The van der Waals surface area contributed by atoms with Crippen LogP contribution in [-0.4, -0.2) is 42.1 Å². The van der Waals surface area contributed by atoms with Gasteiger partial charge in [0, 0.05) is 6.42 Å². The summed E-state index contributed by atoms with van der Waals surface area (Å²) in [5.41, 5.74) is 4.64. The van der Waals surface area contributed by atoms with E-state index in [-0.39, 0.29) is 12.2 Å². The van der Waals surface area contributed by atoms with Gasteiger partial charge in [-0.05, 0) is 0 Å². The lowest BCUT2D eigenvalue weighted by molar-refractivity contribution is -0.138. The molecule has 5 N–H and O–H groups in total. The molecule has 88 valence electrons. The van der Waals surface area contributed by atoms with Crippen LogP contribution in [0, 0.1) is 0 Å². The van der Waals surface area contributed by atoms with Crippen LogP contribution in [0.15, 0.2) is 6.20 Å². The number of hydrogen-bond acceptors (Lipinski definition) is 6. The zero-order chi connectivity index (χ0) is 12.3. The average Bonchev–Trinajstić information content (AvgIpc) is 2.17. The molecule has 9 nitrogen and oxygen atoms in total. The molecule has 0 aromatic carbocycles. The van der Waals surface area contributed by atoms with Gasteiger partial charge in [0.25, 0.3) is 0 Å². The van der Waals surface area contributed by atoms with Gasteiger partial charge in [0.2, 0.25) is 0 Å². The molecule has 0 saturated heterocycles. The van der Waals surface area contributed by atoms with E-state index in [9.17, 15) is 9.36 Å². The van der Waals surface area contributed by atoms with Crippen LogP contribution in [0.5, 0.6) is 0 Å². The minimum Gasteiger partial charge on any atom is -0.480 e. The quantitative estimate of drug-likeness (QED) is 0.427. The highest BCUT2D eigenvalue weighted by Crippen LogP contribution is 2.30. The normalized spacial score (nSPS) is 13.4. The standard InChI is InChI=1S/C6H9N4O5P/c7-3(6(11)12)1-4-8-2-5(10-9-4)16(13,14)15/h2-3H,1,7H2,(H,11,12)(H2,13,14,15). The molecule has 0 amide bonds. The predicted molar refractivity (Wildman–Crippen MR) is 50.8 cm³/mol. The van der Waals surface area contributed by atoms with E-state index in [4.69, 9.17) is 20.6 Å². The molecule has 0 radical (unpaired) electrons. The Hall–Kier alpha value is -1.41. The van der Waals surface area contributed by atoms with Crippen LogP contribution < -0.4 is 11.2 Å². The summed E-state index contributed by atoms with van der Waals surface area (Å²) in [7, 11) is -4.47. The van der Waals surface area contributed by atoms with Gasteiger partial charge in [-0.1, -0.05) is 0 Å². The molecule has 0 spiro atoms. The third-order valence-electron chi connectivity index (χ3n) is 1.62. The Kier molecular flexibility index (Phi) is 3.66. The molecule has 0 aliphatic heterocycles. The summed E-state index contributed by atoms with van der Waals surface area (Å²) < 4.78 is 10.7. The summed E-state index contributed by atoms with van der Waals surface area (Å²) in [6, 6.07) is -1.18. The van der Waals surface area contributed by atoms with Crippen LogP contribution in [-0.2, 0) is 15.8 Å². The molecule has 0 bridgehead atoms. The van der Waals surface area contributed by atoms with E-state index >= 15 is 0 Å². The first-order valence-corrected chi connectivity index (χ1v) is 5.65. The molecule has 1 rings (SSSR count). The second-order valence-corrected chi connectivity index (χ2v) is 4.47. The smallest absolute Gasteiger partial charge is 0.377 e. The van der Waals surface area contributed by atoms with Crippen LogP contribution in [0.3, 0.4) is 0 Å². The highest BCUT2D eigenvalue weighted by molar-refractivity contribution is 7.59. The first-order chi connectivity index (χ1) is 7.30. The number of nitrogens with two attached hydrogens (primary N) is 1. The van der Waals surface area contributed by atoms with Gasteiger partial charge in [-0.2, -0.15) is 0 Å². The predicted octanol–water partition coefficient (Wildman–Crippen LogP) is -2.37. The van der Waals surface area contributed by atoms with Gasteiger partial charge in [0.1, 0.15) is 6.04 Å². The minimum atomic E-state index is -4.47. The summed E-state index contributed by atoms with van der Waals surface area (Å²) in [5, 5.41) is 15.1. The van der Waals surface area contributed by atoms with Gasteiger partial charge in [-0.3, -0.25) is 9.36 Å². The SMILES string of the molecule is NC(Cc1ncc(P(=O)(O)O)nn1)C(=O)O. The molecular formula is C6H9N4O5P. The number of hydrogen-bond donors (Lipinski definition) is 4. The Morgan fingerprint density at radius 3 is 2.50 bits per heavy atom. The van der Waals surface area contributed by atoms with E-state index in [1.165, 1.54) is 0 Å². The number of carboxylic acid groups (broad SMARTS) is 1. The highest BCUT2D eigenvalue weighted by atomic mass is 31.2. The zero-order valence-electron chi connectivity index (χ0n) is 7.89. The molecule has 0 saturated carbocycles. The highest BCUT2D eigenvalue weighted by Gasteiger charge is 2.21. The van der Waals surface area contributed by atoms with E-state index in [0.29, 0.717) is 0 Å². The molecular weight excluding hydrogens is 239 g/mol. The van der Waals surface area contributed by atoms with Crippen LogP contribution in [0.2, 0.25) is 0 Å². The van der Waals surface area contributed by atoms with Gasteiger partial charge < -0.3 is 20.6 Å². The average molecular weight is 248 g/mol. The van der Waals surface area contributed by atoms with Crippen molar-refractivity contribution in [3.8, 4) is 0 Å². The van der Waals surface area contributed by atoms with Gasteiger partial charge >= 0.3 is 13.6 Å². The number of rotatable bonds is 4. The van der Waals surface area contributed by atoms with Gasteiger partial charge in [0.15, 0.2) is 11.3 Å². The van der Waals surface area contributed by atoms with Crippen molar-refractivity contribution in [1.82, 2.24) is 15.2 Å². The summed E-state index contributed by atoms with van der Waals surface area (Å²) in [6.45, 7) is 0. The third kappa shape index (κ3) is 3.31. The number of nitrogens with zero attached hydrogens (tertiary/aromatic N) is 3. The van der Waals surface area contributed by atoms with Crippen molar-refractivity contribution in [2.75, 3.05) is 0 Å². The van der Waals surface area contributed by atoms with Crippen molar-refractivity contribution in [2.24, 2.45) is 5.73 Å². The largest absolute Gasteiger partial charge is 0.480 e. The van der Waals surface area contributed by atoms with Crippen molar-refractivity contribution >= 4 is 19.0 Å². The molecule has 1 aromatic heterocycles. The van der Waals surface area contributed by atoms with Crippen molar-refractivity contribution < 1.29 is 24.3 Å². The lowest BCUT2D eigenvalue weighted by atomic mass is 10.2. The topological polar surface area (TPSA) is 160 Å². The van der Waals surface area contributed by atoms with Crippen LogP contribution >= 0.6 is 7.60 Å². The second-order valence-electron chi connectivity index (χ2n) is 2.93. The lowest BCUT2D eigenvalue weighted by Crippen LogP contribution is -2.33. The Morgan fingerprint density at radius 1 is 1.50 bits per heavy atom. The second kappa shape index (κ2) is 4.62. The van der Waals surface area contributed by atoms with Crippen LogP contribution in [0.25, 0.3) is 0 Å². The molecule has 1 atom stereocenters. The fourth-order valence-corrected chi connectivity index (χ4v) is 1.17.